The Balaban J connectivity index is 1.75. The molecule has 0 aromatic rings. The Bertz CT molecular complexity index is 215. The van der Waals surface area contributed by atoms with Gasteiger partial charge in [-0.1, -0.05) is 12.2 Å². The highest BCUT2D eigenvalue weighted by Crippen LogP contribution is 2.22. The van der Waals surface area contributed by atoms with E-state index < -0.39 is 0 Å². The number of aliphatic hydroxyl groups excluding tert-OH is 1. The van der Waals surface area contributed by atoms with Crippen molar-refractivity contribution in [3.63, 3.8) is 0 Å². The van der Waals surface area contributed by atoms with Crippen LogP contribution in [0.5, 0.6) is 0 Å². The summed E-state index contributed by atoms with van der Waals surface area (Å²) >= 11 is 0. The molecule has 1 fully saturated rings. The normalized spacial score (nSPS) is 33.1. The SMILES string of the molecule is OCC1CCCN(CC2CC=CCC2)C1. The molecule has 2 heteroatoms. The zero-order valence-corrected chi connectivity index (χ0v) is 9.57. The van der Waals surface area contributed by atoms with Crippen LogP contribution in [0.2, 0.25) is 0 Å². The minimum Gasteiger partial charge on any atom is -0.396 e. The lowest BCUT2D eigenvalue weighted by molar-refractivity contribution is 0.106. The molecule has 2 aliphatic rings. The lowest BCUT2D eigenvalue weighted by Gasteiger charge is -2.34. The molecule has 1 aliphatic heterocycles. The summed E-state index contributed by atoms with van der Waals surface area (Å²) in [5.74, 6) is 1.41. The van der Waals surface area contributed by atoms with E-state index in [1.807, 2.05) is 0 Å². The Morgan fingerprint density at radius 2 is 2.13 bits per heavy atom. The third-order valence-corrected chi connectivity index (χ3v) is 3.76. The maximum Gasteiger partial charge on any atom is 0.0471 e. The molecule has 0 saturated carbocycles. The molecule has 0 aromatic carbocycles. The van der Waals surface area contributed by atoms with Crippen molar-refractivity contribution in [2.45, 2.75) is 32.1 Å². The van der Waals surface area contributed by atoms with Gasteiger partial charge < -0.3 is 10.0 Å². The van der Waals surface area contributed by atoms with Crippen LogP contribution in [0, 0.1) is 11.8 Å². The third kappa shape index (κ3) is 3.32. The van der Waals surface area contributed by atoms with Crippen LogP contribution in [0.15, 0.2) is 12.2 Å². The summed E-state index contributed by atoms with van der Waals surface area (Å²) in [5, 5.41) is 9.18. The quantitative estimate of drug-likeness (QED) is 0.719. The second-order valence-electron chi connectivity index (χ2n) is 5.10. The molecular weight excluding hydrogens is 186 g/mol. The van der Waals surface area contributed by atoms with E-state index in [2.05, 4.69) is 17.1 Å². The predicted octanol–water partition coefficient (Wildman–Crippen LogP) is 2.05. The minimum atomic E-state index is 0.376. The van der Waals surface area contributed by atoms with Gasteiger partial charge in [-0.05, 0) is 50.5 Å². The van der Waals surface area contributed by atoms with Crippen LogP contribution >= 0.6 is 0 Å². The van der Waals surface area contributed by atoms with E-state index in [4.69, 9.17) is 0 Å². The lowest BCUT2D eigenvalue weighted by Crippen LogP contribution is -2.39. The Morgan fingerprint density at radius 1 is 1.20 bits per heavy atom. The molecule has 0 bridgehead atoms. The van der Waals surface area contributed by atoms with Crippen molar-refractivity contribution in [3.8, 4) is 0 Å². The molecule has 2 unspecified atom stereocenters. The molecule has 0 aromatic heterocycles. The molecule has 1 aliphatic carbocycles. The molecule has 0 radical (unpaired) electrons. The first-order chi connectivity index (χ1) is 7.38. The molecule has 86 valence electrons. The first-order valence-corrected chi connectivity index (χ1v) is 6.36. The minimum absolute atomic E-state index is 0.376. The number of piperidine rings is 1. The predicted molar refractivity (Wildman–Crippen MR) is 62.7 cm³/mol. The van der Waals surface area contributed by atoms with Crippen LogP contribution in [-0.4, -0.2) is 36.2 Å². The van der Waals surface area contributed by atoms with Crippen molar-refractivity contribution in [1.29, 1.82) is 0 Å². The topological polar surface area (TPSA) is 23.5 Å². The molecule has 1 N–H and O–H groups in total. The van der Waals surface area contributed by atoms with Gasteiger partial charge in [-0.2, -0.15) is 0 Å². The van der Waals surface area contributed by atoms with E-state index in [9.17, 15) is 5.11 Å². The smallest absolute Gasteiger partial charge is 0.0471 e. The van der Waals surface area contributed by atoms with Gasteiger partial charge in [0.15, 0.2) is 0 Å². The van der Waals surface area contributed by atoms with Crippen LogP contribution in [0.3, 0.4) is 0 Å². The van der Waals surface area contributed by atoms with Gasteiger partial charge in [0, 0.05) is 19.7 Å². The molecule has 2 atom stereocenters. The zero-order valence-electron chi connectivity index (χ0n) is 9.57. The number of hydrogen-bond acceptors (Lipinski definition) is 2. The maximum atomic E-state index is 9.18. The highest BCUT2D eigenvalue weighted by molar-refractivity contribution is 4.91. The highest BCUT2D eigenvalue weighted by atomic mass is 16.3. The Morgan fingerprint density at radius 3 is 2.87 bits per heavy atom. The van der Waals surface area contributed by atoms with Crippen molar-refractivity contribution < 1.29 is 5.11 Å². The van der Waals surface area contributed by atoms with Gasteiger partial charge in [0.25, 0.3) is 0 Å². The fourth-order valence-corrected chi connectivity index (χ4v) is 2.85. The number of allylic oxidation sites excluding steroid dienone is 2. The summed E-state index contributed by atoms with van der Waals surface area (Å²) in [7, 11) is 0. The van der Waals surface area contributed by atoms with E-state index in [0.717, 1.165) is 12.5 Å². The second-order valence-corrected chi connectivity index (χ2v) is 5.10. The summed E-state index contributed by atoms with van der Waals surface area (Å²) in [6.45, 7) is 4.00. The largest absolute Gasteiger partial charge is 0.396 e. The van der Waals surface area contributed by atoms with Crippen molar-refractivity contribution in [2.24, 2.45) is 11.8 Å². The number of likely N-dealkylation sites (tertiary alicyclic amines) is 1. The molecular formula is C13H23NO. The number of rotatable bonds is 3. The number of nitrogens with zero attached hydrogens (tertiary/aromatic N) is 1. The summed E-state index contributed by atoms with van der Waals surface area (Å²) in [6, 6.07) is 0. The molecule has 0 spiro atoms. The van der Waals surface area contributed by atoms with Crippen LogP contribution < -0.4 is 0 Å². The standard InChI is InChI=1S/C13H23NO/c15-11-13-7-4-8-14(10-13)9-12-5-2-1-3-6-12/h1-2,12-13,15H,3-11H2. The van der Waals surface area contributed by atoms with E-state index >= 15 is 0 Å². The van der Waals surface area contributed by atoms with Crippen LogP contribution in [0.1, 0.15) is 32.1 Å². The Kier molecular flexibility index (Phi) is 4.21. The average Bonchev–Trinajstić information content (AvgIpc) is 2.31. The maximum absolute atomic E-state index is 9.18. The summed E-state index contributed by atoms with van der Waals surface area (Å²) < 4.78 is 0. The van der Waals surface area contributed by atoms with E-state index in [1.165, 1.54) is 45.2 Å². The van der Waals surface area contributed by atoms with Crippen LogP contribution in [-0.2, 0) is 0 Å². The summed E-state index contributed by atoms with van der Waals surface area (Å²) in [5.41, 5.74) is 0. The van der Waals surface area contributed by atoms with Gasteiger partial charge >= 0.3 is 0 Å². The fourth-order valence-electron chi connectivity index (χ4n) is 2.85. The molecule has 0 amide bonds. The van der Waals surface area contributed by atoms with Gasteiger partial charge in [-0.25, -0.2) is 0 Å². The Labute approximate surface area is 93.0 Å². The van der Waals surface area contributed by atoms with Crippen molar-refractivity contribution in [2.75, 3.05) is 26.2 Å². The van der Waals surface area contributed by atoms with Crippen molar-refractivity contribution in [3.05, 3.63) is 12.2 Å². The summed E-state index contributed by atoms with van der Waals surface area (Å²) in [6.07, 6.45) is 11.0. The highest BCUT2D eigenvalue weighted by Gasteiger charge is 2.21. The summed E-state index contributed by atoms with van der Waals surface area (Å²) in [4.78, 5) is 2.56. The van der Waals surface area contributed by atoms with Crippen LogP contribution in [0.4, 0.5) is 0 Å². The van der Waals surface area contributed by atoms with Crippen LogP contribution in [0.25, 0.3) is 0 Å². The first kappa shape index (κ1) is 11.2. The number of aliphatic hydroxyl groups is 1. The molecule has 15 heavy (non-hydrogen) atoms. The van der Waals surface area contributed by atoms with Gasteiger partial charge in [0.1, 0.15) is 0 Å². The van der Waals surface area contributed by atoms with Crippen molar-refractivity contribution >= 4 is 0 Å². The molecule has 2 rings (SSSR count). The Hall–Kier alpha value is -0.340. The average molecular weight is 209 g/mol. The molecule has 2 nitrogen and oxygen atoms in total. The van der Waals surface area contributed by atoms with E-state index in [-0.39, 0.29) is 0 Å². The second kappa shape index (κ2) is 5.66. The molecule has 1 saturated heterocycles. The van der Waals surface area contributed by atoms with Gasteiger partial charge in [-0.3, -0.25) is 0 Å². The number of hydrogen-bond donors (Lipinski definition) is 1. The van der Waals surface area contributed by atoms with E-state index in [0.29, 0.717) is 12.5 Å². The van der Waals surface area contributed by atoms with Crippen molar-refractivity contribution in [1.82, 2.24) is 4.90 Å². The third-order valence-electron chi connectivity index (χ3n) is 3.76. The van der Waals surface area contributed by atoms with Gasteiger partial charge in [0.2, 0.25) is 0 Å². The first-order valence-electron chi connectivity index (χ1n) is 6.36. The molecule has 1 heterocycles. The zero-order chi connectivity index (χ0) is 10.5. The van der Waals surface area contributed by atoms with Gasteiger partial charge in [-0.15, -0.1) is 0 Å². The van der Waals surface area contributed by atoms with Gasteiger partial charge in [0.05, 0.1) is 0 Å². The monoisotopic (exact) mass is 209 g/mol. The lowest BCUT2D eigenvalue weighted by atomic mass is 9.92. The fraction of sp³-hybridized carbons (Fsp3) is 0.846. The van der Waals surface area contributed by atoms with E-state index in [1.54, 1.807) is 0 Å².